The molecular weight excluding hydrogens is 214 g/mol. The van der Waals surface area contributed by atoms with Gasteiger partial charge < -0.3 is 10.4 Å². The molecule has 0 aliphatic carbocycles. The van der Waals surface area contributed by atoms with E-state index in [9.17, 15) is 4.79 Å². The molecule has 1 aliphatic heterocycles. The average molecular weight is 228 g/mol. The number of carboxylic acid groups (broad SMARTS) is 1. The number of benzene rings is 1. The van der Waals surface area contributed by atoms with Crippen LogP contribution < -0.4 is 5.32 Å². The standard InChI is InChI=1S/C11H13NO2.ClH/c13-11(14)6-10-5-8-3-1-2-4-9(8)7-12-10;/h1-4,10,12H,5-7H2,(H,13,14);1H/t10-;/m0./s1. The summed E-state index contributed by atoms with van der Waals surface area (Å²) >= 11 is 0. The first-order valence-electron chi connectivity index (χ1n) is 4.77. The van der Waals surface area contributed by atoms with Gasteiger partial charge in [-0.1, -0.05) is 24.3 Å². The van der Waals surface area contributed by atoms with E-state index < -0.39 is 5.97 Å². The summed E-state index contributed by atoms with van der Waals surface area (Å²) in [5.74, 6) is -0.734. The third-order valence-corrected chi connectivity index (χ3v) is 2.59. The van der Waals surface area contributed by atoms with Crippen molar-refractivity contribution in [3.8, 4) is 0 Å². The van der Waals surface area contributed by atoms with Gasteiger partial charge in [0.1, 0.15) is 0 Å². The summed E-state index contributed by atoms with van der Waals surface area (Å²) in [4.78, 5) is 10.5. The molecule has 0 fully saturated rings. The van der Waals surface area contributed by atoms with Crippen LogP contribution in [-0.2, 0) is 17.8 Å². The Hall–Kier alpha value is -1.06. The van der Waals surface area contributed by atoms with Crippen molar-refractivity contribution < 1.29 is 9.90 Å². The van der Waals surface area contributed by atoms with Crippen molar-refractivity contribution in [2.24, 2.45) is 0 Å². The van der Waals surface area contributed by atoms with Crippen LogP contribution in [0.4, 0.5) is 0 Å². The molecule has 1 aromatic rings. The van der Waals surface area contributed by atoms with Gasteiger partial charge in [0.05, 0.1) is 6.42 Å². The minimum absolute atomic E-state index is 0. The van der Waals surface area contributed by atoms with E-state index in [-0.39, 0.29) is 24.9 Å². The minimum Gasteiger partial charge on any atom is -0.481 e. The number of carbonyl (C=O) groups is 1. The lowest BCUT2D eigenvalue weighted by Gasteiger charge is -2.24. The molecule has 0 saturated carbocycles. The topological polar surface area (TPSA) is 49.3 Å². The number of aliphatic carboxylic acids is 1. The van der Waals surface area contributed by atoms with Crippen molar-refractivity contribution in [1.29, 1.82) is 0 Å². The summed E-state index contributed by atoms with van der Waals surface area (Å²) in [6.07, 6.45) is 1.02. The summed E-state index contributed by atoms with van der Waals surface area (Å²) in [6.45, 7) is 0.786. The first-order chi connectivity index (χ1) is 6.75. The van der Waals surface area contributed by atoms with Crippen LogP contribution in [0, 0.1) is 0 Å². The van der Waals surface area contributed by atoms with Crippen molar-refractivity contribution in [2.75, 3.05) is 0 Å². The monoisotopic (exact) mass is 227 g/mol. The lowest BCUT2D eigenvalue weighted by atomic mass is 9.94. The number of fused-ring (bicyclic) bond motifs is 1. The second-order valence-corrected chi connectivity index (χ2v) is 3.65. The molecule has 1 aromatic carbocycles. The minimum atomic E-state index is -0.734. The SMILES string of the molecule is Cl.O=C(O)C[C@@H]1Cc2ccccc2CN1. The van der Waals surface area contributed by atoms with Gasteiger partial charge in [-0.3, -0.25) is 4.79 Å². The van der Waals surface area contributed by atoms with E-state index in [1.165, 1.54) is 11.1 Å². The Morgan fingerprint density at radius 1 is 1.40 bits per heavy atom. The Bertz CT molecular complexity index is 354. The first-order valence-corrected chi connectivity index (χ1v) is 4.77. The predicted molar refractivity (Wildman–Crippen MR) is 60.3 cm³/mol. The smallest absolute Gasteiger partial charge is 0.304 e. The highest BCUT2D eigenvalue weighted by atomic mass is 35.5. The summed E-state index contributed by atoms with van der Waals surface area (Å²) in [5, 5.41) is 11.9. The fourth-order valence-electron chi connectivity index (χ4n) is 1.88. The van der Waals surface area contributed by atoms with Crippen molar-refractivity contribution in [2.45, 2.75) is 25.4 Å². The van der Waals surface area contributed by atoms with Crippen LogP contribution in [0.15, 0.2) is 24.3 Å². The molecule has 0 unspecified atom stereocenters. The van der Waals surface area contributed by atoms with Gasteiger partial charge in [-0.25, -0.2) is 0 Å². The third-order valence-electron chi connectivity index (χ3n) is 2.59. The third kappa shape index (κ3) is 2.94. The van der Waals surface area contributed by atoms with E-state index in [1.54, 1.807) is 0 Å². The second-order valence-electron chi connectivity index (χ2n) is 3.65. The fourth-order valence-corrected chi connectivity index (χ4v) is 1.88. The normalized spacial score (nSPS) is 18.8. The van der Waals surface area contributed by atoms with E-state index in [0.29, 0.717) is 0 Å². The Balaban J connectivity index is 0.00000112. The van der Waals surface area contributed by atoms with Gasteiger partial charge in [-0.15, -0.1) is 12.4 Å². The van der Waals surface area contributed by atoms with Crippen LogP contribution in [0.2, 0.25) is 0 Å². The molecule has 1 atom stereocenters. The molecule has 0 spiro atoms. The van der Waals surface area contributed by atoms with E-state index in [2.05, 4.69) is 17.4 Å². The molecule has 1 aliphatic rings. The van der Waals surface area contributed by atoms with Gasteiger partial charge in [-0.2, -0.15) is 0 Å². The number of carboxylic acids is 1. The van der Waals surface area contributed by atoms with Gasteiger partial charge in [0.25, 0.3) is 0 Å². The Kier molecular flexibility index (Phi) is 4.12. The highest BCUT2D eigenvalue weighted by molar-refractivity contribution is 5.85. The van der Waals surface area contributed by atoms with E-state index in [1.807, 2.05) is 12.1 Å². The molecule has 15 heavy (non-hydrogen) atoms. The molecule has 0 bridgehead atoms. The lowest BCUT2D eigenvalue weighted by Crippen LogP contribution is -2.37. The summed E-state index contributed by atoms with van der Waals surface area (Å²) in [6, 6.07) is 8.26. The zero-order valence-electron chi connectivity index (χ0n) is 8.27. The number of nitrogens with one attached hydrogen (secondary N) is 1. The summed E-state index contributed by atoms with van der Waals surface area (Å²) < 4.78 is 0. The largest absolute Gasteiger partial charge is 0.481 e. The van der Waals surface area contributed by atoms with Gasteiger partial charge in [0, 0.05) is 12.6 Å². The molecule has 0 amide bonds. The quantitative estimate of drug-likeness (QED) is 0.807. The maximum absolute atomic E-state index is 10.5. The average Bonchev–Trinajstić information content (AvgIpc) is 2.17. The molecule has 0 saturated heterocycles. The predicted octanol–water partition coefficient (Wildman–Crippen LogP) is 1.60. The Labute approximate surface area is 94.9 Å². The maximum Gasteiger partial charge on any atom is 0.304 e. The molecular formula is C11H14ClNO2. The van der Waals surface area contributed by atoms with Crippen LogP contribution in [0.1, 0.15) is 17.5 Å². The molecule has 2 N–H and O–H groups in total. The van der Waals surface area contributed by atoms with Gasteiger partial charge in [-0.05, 0) is 17.5 Å². The maximum atomic E-state index is 10.5. The van der Waals surface area contributed by atoms with Crippen LogP contribution in [0.25, 0.3) is 0 Å². The van der Waals surface area contributed by atoms with E-state index in [0.717, 1.165) is 13.0 Å². The highest BCUT2D eigenvalue weighted by Gasteiger charge is 2.19. The van der Waals surface area contributed by atoms with Crippen molar-refractivity contribution in [3.05, 3.63) is 35.4 Å². The molecule has 2 rings (SSSR count). The summed E-state index contributed by atoms with van der Waals surface area (Å²) in [7, 11) is 0. The Morgan fingerprint density at radius 2 is 2.07 bits per heavy atom. The molecule has 3 nitrogen and oxygen atoms in total. The van der Waals surface area contributed by atoms with Gasteiger partial charge >= 0.3 is 5.97 Å². The lowest BCUT2D eigenvalue weighted by molar-refractivity contribution is -0.137. The number of hydrogen-bond acceptors (Lipinski definition) is 2. The van der Waals surface area contributed by atoms with E-state index >= 15 is 0 Å². The highest BCUT2D eigenvalue weighted by Crippen LogP contribution is 2.17. The molecule has 1 heterocycles. The van der Waals surface area contributed by atoms with Crippen LogP contribution in [0.3, 0.4) is 0 Å². The van der Waals surface area contributed by atoms with Gasteiger partial charge in [0.15, 0.2) is 0 Å². The van der Waals surface area contributed by atoms with Crippen LogP contribution in [-0.4, -0.2) is 17.1 Å². The summed E-state index contributed by atoms with van der Waals surface area (Å²) in [5.41, 5.74) is 2.56. The molecule has 82 valence electrons. The van der Waals surface area contributed by atoms with Crippen LogP contribution >= 0.6 is 12.4 Å². The Morgan fingerprint density at radius 3 is 2.73 bits per heavy atom. The van der Waals surface area contributed by atoms with Gasteiger partial charge in [0.2, 0.25) is 0 Å². The number of hydrogen-bond donors (Lipinski definition) is 2. The first kappa shape index (κ1) is 12.0. The van der Waals surface area contributed by atoms with E-state index in [4.69, 9.17) is 5.11 Å². The fraction of sp³-hybridized carbons (Fsp3) is 0.364. The number of rotatable bonds is 2. The second kappa shape index (κ2) is 5.14. The molecule has 0 radical (unpaired) electrons. The van der Waals surface area contributed by atoms with Crippen molar-refractivity contribution in [1.82, 2.24) is 5.32 Å². The zero-order chi connectivity index (χ0) is 9.97. The van der Waals surface area contributed by atoms with Crippen LogP contribution in [0.5, 0.6) is 0 Å². The van der Waals surface area contributed by atoms with Crippen molar-refractivity contribution in [3.63, 3.8) is 0 Å². The molecule has 0 aromatic heterocycles. The molecule has 4 heteroatoms. The zero-order valence-corrected chi connectivity index (χ0v) is 9.09. The number of halogens is 1. The van der Waals surface area contributed by atoms with Crippen molar-refractivity contribution >= 4 is 18.4 Å².